The molecular weight excluding hydrogens is 299 g/mol. The van der Waals surface area contributed by atoms with Crippen LogP contribution in [0.25, 0.3) is 0 Å². The van der Waals surface area contributed by atoms with Crippen LogP contribution in [0.2, 0.25) is 0 Å². The highest BCUT2D eigenvalue weighted by atomic mass is 127. The van der Waals surface area contributed by atoms with Crippen molar-refractivity contribution >= 4 is 22.6 Å². The Hall–Kier alpha value is 0.130. The lowest BCUT2D eigenvalue weighted by Crippen LogP contribution is -2.33. The predicted molar refractivity (Wildman–Crippen MR) is 56.5 cm³/mol. The third-order valence-corrected chi connectivity index (χ3v) is 2.52. The maximum absolute atomic E-state index is 9.79. The Kier molecular flexibility index (Phi) is 2.74. The van der Waals surface area contributed by atoms with Crippen LogP contribution in [0.1, 0.15) is 13.8 Å². The summed E-state index contributed by atoms with van der Waals surface area (Å²) in [6.45, 7) is 3.58. The minimum Gasteiger partial charge on any atom is -0.386 e. The van der Waals surface area contributed by atoms with Crippen molar-refractivity contribution in [2.75, 3.05) is 0 Å². The molecule has 78 valence electrons. The first-order chi connectivity index (χ1) is 6.53. The van der Waals surface area contributed by atoms with Crippen LogP contribution >= 0.6 is 22.6 Å². The van der Waals surface area contributed by atoms with Crippen LogP contribution < -0.4 is 0 Å². The molecule has 0 aliphatic carbocycles. The summed E-state index contributed by atoms with van der Waals surface area (Å²) in [5.41, 5.74) is 0. The number of aliphatic hydroxyl groups is 1. The molecule has 5 heteroatoms. The molecule has 0 radical (unpaired) electrons. The highest BCUT2D eigenvalue weighted by Crippen LogP contribution is 2.37. The van der Waals surface area contributed by atoms with Crippen LogP contribution in [0, 0.1) is 9.85 Å². The molecule has 0 bridgehead atoms. The summed E-state index contributed by atoms with van der Waals surface area (Å²) >= 11 is 1.90. The second kappa shape index (κ2) is 3.61. The summed E-state index contributed by atoms with van der Waals surface area (Å²) in [6, 6.07) is 0. The van der Waals surface area contributed by atoms with Crippen molar-refractivity contribution in [3.8, 4) is 9.85 Å². The molecule has 0 amide bonds. The largest absolute Gasteiger partial charge is 0.386 e. The zero-order chi connectivity index (χ0) is 10.3. The van der Waals surface area contributed by atoms with Gasteiger partial charge < -0.3 is 19.3 Å². The number of fused-ring (bicyclic) bond motifs is 1. The molecule has 2 aliphatic heterocycles. The van der Waals surface area contributed by atoms with Crippen molar-refractivity contribution in [1.29, 1.82) is 0 Å². The first-order valence-electron chi connectivity index (χ1n) is 4.34. The SMILES string of the molecule is CC1(C)O[C@H]2O[C@H](C#CI)[C@@H](O)[C@H]2O1. The van der Waals surface area contributed by atoms with Crippen LogP contribution in [-0.2, 0) is 14.2 Å². The van der Waals surface area contributed by atoms with Crippen molar-refractivity contribution in [2.45, 2.75) is 44.2 Å². The van der Waals surface area contributed by atoms with Crippen LogP contribution in [0.5, 0.6) is 0 Å². The van der Waals surface area contributed by atoms with E-state index in [0.29, 0.717) is 0 Å². The van der Waals surface area contributed by atoms with Crippen LogP contribution in [0.15, 0.2) is 0 Å². The first-order valence-corrected chi connectivity index (χ1v) is 5.42. The van der Waals surface area contributed by atoms with E-state index in [4.69, 9.17) is 14.2 Å². The third kappa shape index (κ3) is 1.77. The lowest BCUT2D eigenvalue weighted by molar-refractivity contribution is -0.208. The molecule has 2 heterocycles. The Balaban J connectivity index is 2.10. The Labute approximate surface area is 96.0 Å². The van der Waals surface area contributed by atoms with Gasteiger partial charge in [-0.1, -0.05) is 5.92 Å². The van der Waals surface area contributed by atoms with E-state index in [9.17, 15) is 5.11 Å². The topological polar surface area (TPSA) is 47.9 Å². The van der Waals surface area contributed by atoms with E-state index in [1.54, 1.807) is 13.8 Å². The van der Waals surface area contributed by atoms with Crippen LogP contribution in [0.4, 0.5) is 0 Å². The molecule has 0 spiro atoms. The quantitative estimate of drug-likeness (QED) is 0.526. The summed E-state index contributed by atoms with van der Waals surface area (Å²) in [6.07, 6.45) is -2.16. The fraction of sp³-hybridized carbons (Fsp3) is 0.778. The van der Waals surface area contributed by atoms with E-state index in [-0.39, 0.29) is 0 Å². The Morgan fingerprint density at radius 3 is 2.64 bits per heavy atom. The van der Waals surface area contributed by atoms with Gasteiger partial charge in [-0.05, 0) is 17.8 Å². The molecule has 0 unspecified atom stereocenters. The Morgan fingerprint density at radius 2 is 2.07 bits per heavy atom. The van der Waals surface area contributed by atoms with Gasteiger partial charge in [-0.2, -0.15) is 0 Å². The molecule has 2 rings (SSSR count). The molecule has 1 N–H and O–H groups in total. The summed E-state index contributed by atoms with van der Waals surface area (Å²) < 4.78 is 19.0. The van der Waals surface area contributed by atoms with E-state index < -0.39 is 30.4 Å². The van der Waals surface area contributed by atoms with Crippen molar-refractivity contribution < 1.29 is 19.3 Å². The highest BCUT2D eigenvalue weighted by molar-refractivity contribution is 14.1. The highest BCUT2D eigenvalue weighted by Gasteiger charge is 2.53. The predicted octanol–water partition coefficient (Wildman–Crippen LogP) is 0.620. The van der Waals surface area contributed by atoms with Crippen molar-refractivity contribution in [2.24, 2.45) is 0 Å². The second-order valence-corrected chi connectivity index (χ2v) is 4.29. The average Bonchev–Trinajstić information content (AvgIpc) is 2.50. The summed E-state index contributed by atoms with van der Waals surface area (Å²) in [5.74, 6) is 2.07. The van der Waals surface area contributed by atoms with E-state index in [2.05, 4.69) is 9.85 Å². The lowest BCUT2D eigenvalue weighted by Gasteiger charge is -2.20. The van der Waals surface area contributed by atoms with Crippen molar-refractivity contribution in [1.82, 2.24) is 0 Å². The van der Waals surface area contributed by atoms with E-state index in [1.165, 1.54) is 0 Å². The number of hydrogen-bond acceptors (Lipinski definition) is 4. The van der Waals surface area contributed by atoms with Gasteiger partial charge in [-0.3, -0.25) is 0 Å². The zero-order valence-electron chi connectivity index (χ0n) is 7.86. The molecule has 4 atom stereocenters. The lowest BCUT2D eigenvalue weighted by atomic mass is 10.1. The van der Waals surface area contributed by atoms with E-state index in [0.717, 1.165) is 0 Å². The van der Waals surface area contributed by atoms with Gasteiger partial charge in [0.25, 0.3) is 0 Å². The van der Waals surface area contributed by atoms with E-state index in [1.807, 2.05) is 22.6 Å². The van der Waals surface area contributed by atoms with Gasteiger partial charge in [0.05, 0.1) is 0 Å². The second-order valence-electron chi connectivity index (χ2n) is 3.75. The Morgan fingerprint density at radius 1 is 1.36 bits per heavy atom. The molecule has 4 nitrogen and oxygen atoms in total. The summed E-state index contributed by atoms with van der Waals surface area (Å²) in [5, 5.41) is 9.79. The van der Waals surface area contributed by atoms with Gasteiger partial charge in [0.2, 0.25) is 0 Å². The van der Waals surface area contributed by atoms with E-state index >= 15 is 0 Å². The third-order valence-electron chi connectivity index (χ3n) is 2.21. The number of hydrogen-bond donors (Lipinski definition) is 1. The molecule has 0 saturated carbocycles. The summed E-state index contributed by atoms with van der Waals surface area (Å²) in [4.78, 5) is 0. The number of rotatable bonds is 0. The minimum absolute atomic E-state index is 0.424. The first kappa shape index (κ1) is 10.6. The molecule has 2 aliphatic rings. The van der Waals surface area contributed by atoms with Gasteiger partial charge in [0.1, 0.15) is 12.2 Å². The van der Waals surface area contributed by atoms with Crippen LogP contribution in [0.3, 0.4) is 0 Å². The molecular formula is C9H11IO4. The molecule has 14 heavy (non-hydrogen) atoms. The van der Waals surface area contributed by atoms with Crippen LogP contribution in [-0.4, -0.2) is 35.5 Å². The fourth-order valence-corrected chi connectivity index (χ4v) is 1.97. The van der Waals surface area contributed by atoms with Gasteiger partial charge in [0.15, 0.2) is 18.2 Å². The van der Waals surface area contributed by atoms with Crippen molar-refractivity contribution in [3.63, 3.8) is 0 Å². The smallest absolute Gasteiger partial charge is 0.191 e. The number of ether oxygens (including phenoxy) is 3. The van der Waals surface area contributed by atoms with Gasteiger partial charge >= 0.3 is 0 Å². The maximum Gasteiger partial charge on any atom is 0.191 e. The van der Waals surface area contributed by atoms with Gasteiger partial charge in [-0.15, -0.1) is 0 Å². The maximum atomic E-state index is 9.79. The zero-order valence-corrected chi connectivity index (χ0v) is 10.0. The van der Waals surface area contributed by atoms with Crippen molar-refractivity contribution in [3.05, 3.63) is 0 Å². The summed E-state index contributed by atoms with van der Waals surface area (Å²) in [7, 11) is 0. The number of aliphatic hydroxyl groups excluding tert-OH is 1. The standard InChI is InChI=1S/C9H11IO4/c1-9(2)13-7-6(11)5(3-4-10)12-8(7)14-9/h5-8,11H,1-2H3/t5-,6-,7-,8-/m1/s1. The Bertz CT molecular complexity index is 293. The normalized spacial score (nSPS) is 44.3. The minimum atomic E-state index is -0.732. The molecule has 2 fully saturated rings. The van der Waals surface area contributed by atoms with Gasteiger partial charge in [-0.25, -0.2) is 0 Å². The number of halogens is 1. The van der Waals surface area contributed by atoms with Gasteiger partial charge in [0, 0.05) is 22.6 Å². The molecule has 0 aromatic heterocycles. The molecule has 2 saturated heterocycles. The monoisotopic (exact) mass is 310 g/mol. The average molecular weight is 310 g/mol. The fourth-order valence-electron chi connectivity index (χ4n) is 1.66. The molecule has 0 aromatic carbocycles. The molecule has 0 aromatic rings.